The minimum absolute atomic E-state index is 0.0776. The summed E-state index contributed by atoms with van der Waals surface area (Å²) < 4.78 is 10.5. The number of hydrogen-bond acceptors (Lipinski definition) is 7. The molecule has 31 heavy (non-hydrogen) atoms. The molecule has 166 valence electrons. The number of ether oxygens (including phenoxy) is 2. The lowest BCUT2D eigenvalue weighted by atomic mass is 9.95. The second-order valence-corrected chi connectivity index (χ2v) is 9.91. The van der Waals surface area contributed by atoms with Crippen LogP contribution in [0.5, 0.6) is 0 Å². The number of hydrogen-bond donors (Lipinski definition) is 1. The van der Waals surface area contributed by atoms with Crippen molar-refractivity contribution in [2.24, 2.45) is 0 Å². The molecule has 0 fully saturated rings. The molecule has 9 heteroatoms. The van der Waals surface area contributed by atoms with Gasteiger partial charge in [-0.25, -0.2) is 4.79 Å². The van der Waals surface area contributed by atoms with Gasteiger partial charge in [-0.3, -0.25) is 9.59 Å². The molecule has 0 aliphatic heterocycles. The van der Waals surface area contributed by atoms with Crippen LogP contribution in [0, 0.1) is 0 Å². The van der Waals surface area contributed by atoms with Crippen LogP contribution in [-0.2, 0) is 31.9 Å². The summed E-state index contributed by atoms with van der Waals surface area (Å²) in [5, 5.41) is 3.82. The van der Waals surface area contributed by atoms with Gasteiger partial charge in [-0.1, -0.05) is 11.6 Å². The van der Waals surface area contributed by atoms with Crippen molar-refractivity contribution in [2.75, 3.05) is 17.7 Å². The quantitative estimate of drug-likeness (QED) is 0.416. The number of nitrogens with one attached hydrogen (secondary N) is 1. The predicted octanol–water partition coefficient (Wildman–Crippen LogP) is 5.12. The molecule has 1 amide bonds. The Morgan fingerprint density at radius 1 is 1.16 bits per heavy atom. The normalized spacial score (nSPS) is 12.9. The van der Waals surface area contributed by atoms with Gasteiger partial charge in [0.25, 0.3) is 5.91 Å². The summed E-state index contributed by atoms with van der Waals surface area (Å²) in [6, 6.07) is 7.10. The fourth-order valence-electron chi connectivity index (χ4n) is 3.17. The molecule has 3 rings (SSSR count). The number of esters is 2. The largest absolute Gasteiger partial charge is 0.459 e. The number of aryl methyl sites for hydroxylation is 1. The number of halogens is 1. The lowest BCUT2D eigenvalue weighted by molar-refractivity contribution is -0.144. The number of carbonyl (C=O) groups is 3. The van der Waals surface area contributed by atoms with Crippen LogP contribution in [0.25, 0.3) is 0 Å². The molecule has 0 atom stereocenters. The number of carbonyl (C=O) groups excluding carboxylic acids is 3. The fraction of sp³-hybridized carbons (Fsp3) is 0.409. The van der Waals surface area contributed by atoms with Crippen molar-refractivity contribution in [2.45, 2.75) is 50.5 Å². The van der Waals surface area contributed by atoms with Gasteiger partial charge in [-0.2, -0.15) is 0 Å². The van der Waals surface area contributed by atoms with Crippen molar-refractivity contribution < 1.29 is 23.9 Å². The van der Waals surface area contributed by atoms with Crippen LogP contribution in [0.3, 0.4) is 0 Å². The predicted molar refractivity (Wildman–Crippen MR) is 123 cm³/mol. The Morgan fingerprint density at radius 3 is 2.58 bits per heavy atom. The van der Waals surface area contributed by atoms with Crippen molar-refractivity contribution in [3.8, 4) is 0 Å². The zero-order chi connectivity index (χ0) is 22.4. The summed E-state index contributed by atoms with van der Waals surface area (Å²) in [5.41, 5.74) is 1.40. The third kappa shape index (κ3) is 6.72. The van der Waals surface area contributed by atoms with Crippen molar-refractivity contribution in [1.29, 1.82) is 0 Å². The first kappa shape index (κ1) is 23.6. The van der Waals surface area contributed by atoms with E-state index in [9.17, 15) is 14.4 Å². The van der Waals surface area contributed by atoms with E-state index in [1.54, 1.807) is 26.0 Å². The second-order valence-electron chi connectivity index (χ2n) is 7.32. The Labute approximate surface area is 194 Å². The average molecular weight is 482 g/mol. The number of amides is 1. The third-order valence-electron chi connectivity index (χ3n) is 4.51. The Hall–Kier alpha value is -2.03. The zero-order valence-corrected chi connectivity index (χ0v) is 19.8. The molecule has 1 N–H and O–H groups in total. The van der Waals surface area contributed by atoms with E-state index >= 15 is 0 Å². The van der Waals surface area contributed by atoms with Gasteiger partial charge >= 0.3 is 11.9 Å². The van der Waals surface area contributed by atoms with Gasteiger partial charge in [0.15, 0.2) is 6.61 Å². The van der Waals surface area contributed by atoms with Crippen LogP contribution >= 0.6 is 34.7 Å². The zero-order valence-electron chi connectivity index (χ0n) is 17.4. The van der Waals surface area contributed by atoms with Crippen LogP contribution in [0.15, 0.2) is 29.2 Å². The summed E-state index contributed by atoms with van der Waals surface area (Å²) in [6.45, 7) is 3.16. The average Bonchev–Trinajstić information content (AvgIpc) is 3.09. The molecule has 0 saturated carbocycles. The van der Waals surface area contributed by atoms with E-state index in [1.165, 1.54) is 23.1 Å². The molecule has 0 unspecified atom stereocenters. The van der Waals surface area contributed by atoms with Crippen LogP contribution in [-0.4, -0.2) is 36.3 Å². The Bertz CT molecular complexity index is 956. The SMILES string of the molecule is CC(C)OC(=O)c1c(NC(=O)COC(=O)CSc2ccc(Cl)cc2)sc2c1CCCC2. The van der Waals surface area contributed by atoms with Crippen LogP contribution in [0.1, 0.15) is 47.5 Å². The number of thiophene rings is 1. The maximum Gasteiger partial charge on any atom is 0.341 e. The van der Waals surface area contributed by atoms with E-state index in [1.807, 2.05) is 12.1 Å². The Morgan fingerprint density at radius 2 is 1.87 bits per heavy atom. The number of thioether (sulfide) groups is 1. The van der Waals surface area contributed by atoms with Gasteiger partial charge in [-0.05, 0) is 69.4 Å². The molecule has 0 saturated heterocycles. The summed E-state index contributed by atoms with van der Waals surface area (Å²) in [6.07, 6.45) is 3.48. The van der Waals surface area contributed by atoms with E-state index < -0.39 is 24.5 Å². The van der Waals surface area contributed by atoms with Crippen LogP contribution in [0.4, 0.5) is 5.00 Å². The molecule has 1 aromatic carbocycles. The van der Waals surface area contributed by atoms with Crippen LogP contribution < -0.4 is 5.32 Å². The van der Waals surface area contributed by atoms with Crippen molar-refractivity contribution in [3.05, 3.63) is 45.3 Å². The molecule has 1 heterocycles. The highest BCUT2D eigenvalue weighted by Gasteiger charge is 2.28. The second kappa shape index (κ2) is 11.0. The summed E-state index contributed by atoms with van der Waals surface area (Å²) in [7, 11) is 0. The summed E-state index contributed by atoms with van der Waals surface area (Å²) >= 11 is 8.54. The van der Waals surface area contributed by atoms with E-state index in [-0.39, 0.29) is 11.9 Å². The van der Waals surface area contributed by atoms with E-state index in [0.29, 0.717) is 15.6 Å². The summed E-state index contributed by atoms with van der Waals surface area (Å²) in [5.74, 6) is -1.34. The molecule has 1 aromatic heterocycles. The molecule has 2 aromatic rings. The van der Waals surface area contributed by atoms with E-state index in [2.05, 4.69) is 5.32 Å². The maximum atomic E-state index is 12.6. The number of anilines is 1. The van der Waals surface area contributed by atoms with Gasteiger partial charge < -0.3 is 14.8 Å². The van der Waals surface area contributed by atoms with Gasteiger partial charge in [-0.15, -0.1) is 23.1 Å². The number of rotatable bonds is 8. The molecule has 6 nitrogen and oxygen atoms in total. The molecular weight excluding hydrogens is 458 g/mol. The molecule has 0 bridgehead atoms. The first-order chi connectivity index (χ1) is 14.8. The number of benzene rings is 1. The van der Waals surface area contributed by atoms with E-state index in [0.717, 1.165) is 41.0 Å². The van der Waals surface area contributed by atoms with Gasteiger partial charge in [0.05, 0.1) is 17.4 Å². The standard InChI is InChI=1S/C22H24ClNO5S2/c1-13(2)29-22(27)20-16-5-3-4-6-17(16)31-21(20)24-18(25)11-28-19(26)12-30-15-9-7-14(23)8-10-15/h7-10,13H,3-6,11-12H2,1-2H3,(H,24,25). The Kier molecular flexibility index (Phi) is 8.40. The molecule has 1 aliphatic rings. The Balaban J connectivity index is 1.57. The van der Waals surface area contributed by atoms with Gasteiger partial charge in [0, 0.05) is 14.8 Å². The van der Waals surface area contributed by atoms with Gasteiger partial charge in [0.1, 0.15) is 5.00 Å². The van der Waals surface area contributed by atoms with Gasteiger partial charge in [0.2, 0.25) is 0 Å². The first-order valence-electron chi connectivity index (χ1n) is 10.0. The van der Waals surface area contributed by atoms with E-state index in [4.69, 9.17) is 21.1 Å². The topological polar surface area (TPSA) is 81.7 Å². The molecule has 1 aliphatic carbocycles. The van der Waals surface area contributed by atoms with Crippen molar-refractivity contribution >= 4 is 57.5 Å². The highest BCUT2D eigenvalue weighted by molar-refractivity contribution is 8.00. The highest BCUT2D eigenvalue weighted by Crippen LogP contribution is 2.38. The fourth-order valence-corrected chi connectivity index (χ4v) is 5.28. The lowest BCUT2D eigenvalue weighted by Gasteiger charge is -2.14. The smallest absolute Gasteiger partial charge is 0.341 e. The molecule has 0 radical (unpaired) electrons. The molecule has 0 spiro atoms. The minimum atomic E-state index is -0.500. The maximum absolute atomic E-state index is 12.6. The van der Waals surface area contributed by atoms with Crippen LogP contribution in [0.2, 0.25) is 5.02 Å². The van der Waals surface area contributed by atoms with Crippen molar-refractivity contribution in [3.63, 3.8) is 0 Å². The number of fused-ring (bicyclic) bond motifs is 1. The lowest BCUT2D eigenvalue weighted by Crippen LogP contribution is -2.23. The summed E-state index contributed by atoms with van der Waals surface area (Å²) in [4.78, 5) is 39.0. The third-order valence-corrected chi connectivity index (χ3v) is 6.95. The van der Waals surface area contributed by atoms with Crippen molar-refractivity contribution in [1.82, 2.24) is 0 Å². The monoisotopic (exact) mass is 481 g/mol. The highest BCUT2D eigenvalue weighted by atomic mass is 35.5. The minimum Gasteiger partial charge on any atom is -0.459 e. The first-order valence-corrected chi connectivity index (χ1v) is 12.2. The molecular formula is C22H24ClNO5S2.